The zero-order chi connectivity index (χ0) is 17.8. The van der Waals surface area contributed by atoms with Crippen LogP contribution < -0.4 is 0 Å². The van der Waals surface area contributed by atoms with Gasteiger partial charge in [-0.05, 0) is 24.8 Å². The first kappa shape index (κ1) is 15.9. The fraction of sp³-hybridized carbons (Fsp3) is 0.421. The van der Waals surface area contributed by atoms with E-state index >= 15 is 0 Å². The van der Waals surface area contributed by atoms with Crippen LogP contribution in [0.1, 0.15) is 35.2 Å². The summed E-state index contributed by atoms with van der Waals surface area (Å²) in [5.74, 6) is -1.22. The summed E-state index contributed by atoms with van der Waals surface area (Å²) in [7, 11) is 0. The second-order valence-electron chi connectivity index (χ2n) is 7.21. The van der Waals surface area contributed by atoms with Crippen LogP contribution >= 0.6 is 0 Å². The van der Waals surface area contributed by atoms with Gasteiger partial charge >= 0.3 is 5.97 Å². The van der Waals surface area contributed by atoms with E-state index in [1.54, 1.807) is 17.0 Å². The van der Waals surface area contributed by atoms with E-state index in [1.165, 1.54) is 4.90 Å². The number of likely N-dealkylation sites (tertiary alicyclic amines) is 1. The van der Waals surface area contributed by atoms with E-state index in [0.29, 0.717) is 24.2 Å². The summed E-state index contributed by atoms with van der Waals surface area (Å²) >= 11 is 0. The van der Waals surface area contributed by atoms with Gasteiger partial charge in [-0.15, -0.1) is 0 Å². The van der Waals surface area contributed by atoms with Crippen molar-refractivity contribution in [3.8, 4) is 0 Å². The number of hydrogen-bond acceptors (Lipinski definition) is 3. The molecule has 1 N–H and O–H groups in total. The minimum Gasteiger partial charge on any atom is -0.481 e. The van der Waals surface area contributed by atoms with Crippen molar-refractivity contribution in [2.75, 3.05) is 19.6 Å². The number of carboxylic acids is 1. The molecular weight excluding hydrogens is 320 g/mol. The van der Waals surface area contributed by atoms with Gasteiger partial charge in [-0.3, -0.25) is 19.3 Å². The molecule has 1 aliphatic carbocycles. The van der Waals surface area contributed by atoms with Crippen molar-refractivity contribution in [3.63, 3.8) is 0 Å². The highest BCUT2D eigenvalue weighted by molar-refractivity contribution is 6.10. The predicted octanol–water partition coefficient (Wildman–Crippen LogP) is 1.83. The third-order valence-electron chi connectivity index (χ3n) is 5.98. The Morgan fingerprint density at radius 2 is 2.00 bits per heavy atom. The summed E-state index contributed by atoms with van der Waals surface area (Å²) in [5.41, 5.74) is 1.03. The largest absolute Gasteiger partial charge is 0.481 e. The molecule has 0 spiro atoms. The molecule has 1 aromatic rings. The van der Waals surface area contributed by atoms with Crippen LogP contribution in [0.4, 0.5) is 0 Å². The Balaban J connectivity index is 1.50. The van der Waals surface area contributed by atoms with E-state index in [4.69, 9.17) is 0 Å². The highest BCUT2D eigenvalue weighted by Crippen LogP contribution is 2.49. The van der Waals surface area contributed by atoms with E-state index in [1.807, 2.05) is 12.1 Å². The normalized spacial score (nSPS) is 27.6. The predicted molar refractivity (Wildman–Crippen MR) is 90.5 cm³/mol. The fourth-order valence-corrected chi connectivity index (χ4v) is 4.57. The second kappa shape index (κ2) is 5.44. The van der Waals surface area contributed by atoms with Crippen molar-refractivity contribution >= 4 is 23.5 Å². The zero-order valence-corrected chi connectivity index (χ0v) is 13.9. The topological polar surface area (TPSA) is 77.9 Å². The summed E-state index contributed by atoms with van der Waals surface area (Å²) in [6, 6.07) is 7.17. The smallest absolute Gasteiger partial charge is 0.311 e. The number of hydrogen-bond donors (Lipinski definition) is 1. The Labute approximate surface area is 145 Å². The average Bonchev–Trinajstić information content (AvgIpc) is 3.22. The van der Waals surface area contributed by atoms with Gasteiger partial charge in [-0.25, -0.2) is 0 Å². The van der Waals surface area contributed by atoms with Crippen molar-refractivity contribution < 1.29 is 19.5 Å². The number of aliphatic carboxylic acids is 1. The molecule has 130 valence electrons. The number of amides is 2. The van der Waals surface area contributed by atoms with Gasteiger partial charge in [-0.2, -0.15) is 0 Å². The molecule has 6 heteroatoms. The molecule has 2 amide bonds. The lowest BCUT2D eigenvalue weighted by molar-refractivity contribution is -0.149. The Hall–Kier alpha value is -2.63. The highest BCUT2D eigenvalue weighted by atomic mass is 16.4. The van der Waals surface area contributed by atoms with Crippen molar-refractivity contribution in [2.45, 2.75) is 19.3 Å². The lowest BCUT2D eigenvalue weighted by Crippen LogP contribution is -2.41. The molecule has 0 aromatic heterocycles. The first-order chi connectivity index (χ1) is 11.9. The third kappa shape index (κ3) is 2.20. The van der Waals surface area contributed by atoms with Crippen LogP contribution in [0.5, 0.6) is 0 Å². The maximum absolute atomic E-state index is 12.7. The summed E-state index contributed by atoms with van der Waals surface area (Å²) in [6.45, 7) is 4.57. The third-order valence-corrected chi connectivity index (χ3v) is 5.98. The molecule has 0 bridgehead atoms. The number of fused-ring (bicyclic) bond motifs is 2. The van der Waals surface area contributed by atoms with Crippen molar-refractivity contribution in [1.29, 1.82) is 0 Å². The lowest BCUT2D eigenvalue weighted by atomic mass is 9.81. The van der Waals surface area contributed by atoms with Gasteiger partial charge in [-0.1, -0.05) is 31.2 Å². The summed E-state index contributed by atoms with van der Waals surface area (Å²) in [4.78, 5) is 40.0. The number of carbonyl (C=O) groups excluding carboxylic acids is 2. The van der Waals surface area contributed by atoms with Crippen LogP contribution in [-0.4, -0.2) is 52.3 Å². The van der Waals surface area contributed by atoms with E-state index in [2.05, 4.69) is 6.58 Å². The van der Waals surface area contributed by atoms with Crippen molar-refractivity contribution in [3.05, 3.63) is 42.0 Å². The molecule has 0 unspecified atom stereocenters. The Morgan fingerprint density at radius 1 is 1.28 bits per heavy atom. The minimum atomic E-state index is -0.806. The van der Waals surface area contributed by atoms with E-state index in [9.17, 15) is 19.5 Å². The maximum atomic E-state index is 12.7. The molecule has 1 aromatic carbocycles. The van der Waals surface area contributed by atoms with Crippen LogP contribution in [0.25, 0.3) is 5.70 Å². The minimum absolute atomic E-state index is 0.0172. The SMILES string of the molecule is C=C1c2ccccc2C(=O)N1CC(=O)N1C[C@@H]2CCC[C@@]2(C(=O)O)C1. The number of benzene rings is 1. The van der Waals surface area contributed by atoms with Crippen LogP contribution in [0.2, 0.25) is 0 Å². The monoisotopic (exact) mass is 340 g/mol. The van der Waals surface area contributed by atoms with Crippen molar-refractivity contribution in [2.24, 2.45) is 11.3 Å². The van der Waals surface area contributed by atoms with Crippen molar-refractivity contribution in [1.82, 2.24) is 9.80 Å². The van der Waals surface area contributed by atoms with Crippen LogP contribution in [0, 0.1) is 11.3 Å². The van der Waals surface area contributed by atoms with Crippen LogP contribution in [0.15, 0.2) is 30.8 Å². The van der Waals surface area contributed by atoms with Gasteiger partial charge in [0.05, 0.1) is 5.41 Å². The van der Waals surface area contributed by atoms with E-state index in [0.717, 1.165) is 18.4 Å². The maximum Gasteiger partial charge on any atom is 0.311 e. The number of carboxylic acid groups (broad SMARTS) is 1. The van der Waals surface area contributed by atoms with Gasteiger partial charge in [0, 0.05) is 29.9 Å². The fourth-order valence-electron chi connectivity index (χ4n) is 4.57. The molecular formula is C19H20N2O4. The van der Waals surface area contributed by atoms with Crippen LogP contribution in [-0.2, 0) is 9.59 Å². The second-order valence-corrected chi connectivity index (χ2v) is 7.21. The molecule has 2 atom stereocenters. The summed E-state index contributed by atoms with van der Waals surface area (Å²) in [5, 5.41) is 9.64. The van der Waals surface area contributed by atoms with Crippen LogP contribution in [0.3, 0.4) is 0 Å². The molecule has 0 radical (unpaired) electrons. The lowest BCUT2D eigenvalue weighted by Gasteiger charge is -2.25. The van der Waals surface area contributed by atoms with Gasteiger partial charge < -0.3 is 10.0 Å². The van der Waals surface area contributed by atoms with E-state index in [-0.39, 0.29) is 30.8 Å². The molecule has 25 heavy (non-hydrogen) atoms. The quantitative estimate of drug-likeness (QED) is 0.910. The molecule has 2 aliphatic heterocycles. The molecule has 2 heterocycles. The zero-order valence-electron chi connectivity index (χ0n) is 13.9. The first-order valence-corrected chi connectivity index (χ1v) is 8.55. The Kier molecular flexibility index (Phi) is 3.45. The van der Waals surface area contributed by atoms with Gasteiger partial charge in [0.15, 0.2) is 0 Å². The first-order valence-electron chi connectivity index (χ1n) is 8.55. The average molecular weight is 340 g/mol. The van der Waals surface area contributed by atoms with E-state index < -0.39 is 11.4 Å². The molecule has 1 saturated heterocycles. The number of nitrogens with zero attached hydrogens (tertiary/aromatic N) is 2. The summed E-state index contributed by atoms with van der Waals surface area (Å²) in [6.07, 6.45) is 2.37. The highest BCUT2D eigenvalue weighted by Gasteiger charge is 2.55. The Morgan fingerprint density at radius 3 is 2.64 bits per heavy atom. The van der Waals surface area contributed by atoms with Gasteiger partial charge in [0.1, 0.15) is 6.54 Å². The molecule has 2 fully saturated rings. The Bertz CT molecular complexity index is 767. The standard InChI is InChI=1S/C19H20N2O4/c1-12-14-6-2-3-7-15(14)17(23)21(12)10-16(22)20-9-13-5-4-8-19(13,11-20)18(24)25/h2-3,6-7,13H,1,4-5,8-11H2,(H,24,25)/t13-,19+/m0/s1. The summed E-state index contributed by atoms with van der Waals surface area (Å²) < 4.78 is 0. The molecule has 6 nitrogen and oxygen atoms in total. The molecule has 1 saturated carbocycles. The molecule has 4 rings (SSSR count). The van der Waals surface area contributed by atoms with Gasteiger partial charge in [0.2, 0.25) is 5.91 Å². The van der Waals surface area contributed by atoms with Gasteiger partial charge in [0.25, 0.3) is 5.91 Å². The molecule has 3 aliphatic rings. The number of carbonyl (C=O) groups is 3. The number of rotatable bonds is 3.